The SMILES string of the molecule is O=C(O)/C(Cc1ccc(F)c([N+](=O)[O-])c1)=N/Nc1nc(-c2ccc(Cl)c(Cl)c2)cs1. The maximum Gasteiger partial charge on any atom is 0.352 e. The molecule has 0 unspecified atom stereocenters. The Hall–Kier alpha value is -3.08. The number of carboxylic acids is 1. The van der Waals surface area contributed by atoms with Crippen molar-refractivity contribution in [2.75, 3.05) is 5.43 Å². The molecule has 0 fully saturated rings. The number of carboxylic acid groups (broad SMARTS) is 1. The molecule has 12 heteroatoms. The number of anilines is 1. The Morgan fingerprint density at radius 1 is 1.27 bits per heavy atom. The van der Waals surface area contributed by atoms with Gasteiger partial charge in [-0.3, -0.25) is 15.5 Å². The van der Waals surface area contributed by atoms with E-state index < -0.39 is 22.4 Å². The fourth-order valence-electron chi connectivity index (χ4n) is 2.39. The molecule has 2 N–H and O–H groups in total. The Labute approximate surface area is 182 Å². The minimum Gasteiger partial charge on any atom is -0.477 e. The first-order valence-electron chi connectivity index (χ1n) is 8.14. The summed E-state index contributed by atoms with van der Waals surface area (Å²) in [5, 5.41) is 26.9. The van der Waals surface area contributed by atoms with Crippen LogP contribution >= 0.6 is 34.5 Å². The largest absolute Gasteiger partial charge is 0.477 e. The van der Waals surface area contributed by atoms with Crippen LogP contribution in [0.25, 0.3) is 11.3 Å². The number of hydrazone groups is 1. The summed E-state index contributed by atoms with van der Waals surface area (Å²) in [6, 6.07) is 8.15. The van der Waals surface area contributed by atoms with E-state index in [-0.39, 0.29) is 17.7 Å². The third-order valence-electron chi connectivity index (χ3n) is 3.83. The predicted octanol–water partition coefficient (Wildman–Crippen LogP) is 5.26. The minimum atomic E-state index is -1.34. The van der Waals surface area contributed by atoms with Crippen LogP contribution in [0.3, 0.4) is 0 Å². The smallest absolute Gasteiger partial charge is 0.352 e. The first-order valence-corrected chi connectivity index (χ1v) is 9.78. The molecule has 0 atom stereocenters. The summed E-state index contributed by atoms with van der Waals surface area (Å²) < 4.78 is 13.5. The van der Waals surface area contributed by atoms with E-state index in [1.807, 2.05) is 0 Å². The molecule has 1 aromatic heterocycles. The molecule has 2 aromatic carbocycles. The van der Waals surface area contributed by atoms with Gasteiger partial charge in [0.15, 0.2) is 0 Å². The summed E-state index contributed by atoms with van der Waals surface area (Å²) >= 11 is 13.1. The number of nitro benzene ring substituents is 1. The van der Waals surface area contributed by atoms with Gasteiger partial charge in [0.25, 0.3) is 0 Å². The van der Waals surface area contributed by atoms with Crippen LogP contribution in [0.5, 0.6) is 0 Å². The lowest BCUT2D eigenvalue weighted by Crippen LogP contribution is -2.18. The lowest BCUT2D eigenvalue weighted by Gasteiger charge is -2.03. The van der Waals surface area contributed by atoms with Crippen molar-refractivity contribution in [3.8, 4) is 11.3 Å². The van der Waals surface area contributed by atoms with Gasteiger partial charge in [0.1, 0.15) is 5.71 Å². The molecule has 1 heterocycles. The van der Waals surface area contributed by atoms with Crippen molar-refractivity contribution in [1.82, 2.24) is 4.98 Å². The number of halogens is 3. The summed E-state index contributed by atoms with van der Waals surface area (Å²) in [6.45, 7) is 0. The van der Waals surface area contributed by atoms with Gasteiger partial charge in [-0.2, -0.15) is 9.49 Å². The maximum absolute atomic E-state index is 13.5. The van der Waals surface area contributed by atoms with Gasteiger partial charge >= 0.3 is 11.7 Å². The van der Waals surface area contributed by atoms with E-state index in [2.05, 4.69) is 15.5 Å². The van der Waals surface area contributed by atoms with Crippen LogP contribution in [0.15, 0.2) is 46.9 Å². The zero-order valence-corrected chi connectivity index (χ0v) is 17.1. The highest BCUT2D eigenvalue weighted by atomic mass is 35.5. The van der Waals surface area contributed by atoms with E-state index in [9.17, 15) is 24.4 Å². The number of benzene rings is 2. The van der Waals surface area contributed by atoms with Gasteiger partial charge in [-0.1, -0.05) is 35.3 Å². The average Bonchev–Trinajstić information content (AvgIpc) is 3.17. The zero-order valence-electron chi connectivity index (χ0n) is 14.8. The highest BCUT2D eigenvalue weighted by molar-refractivity contribution is 7.14. The third kappa shape index (κ3) is 5.09. The van der Waals surface area contributed by atoms with Gasteiger partial charge in [0.2, 0.25) is 10.9 Å². The van der Waals surface area contributed by atoms with Crippen LogP contribution in [0, 0.1) is 15.9 Å². The Balaban J connectivity index is 1.78. The molecular weight excluding hydrogens is 458 g/mol. The molecule has 3 aromatic rings. The second-order valence-corrected chi connectivity index (χ2v) is 7.53. The summed E-state index contributed by atoms with van der Waals surface area (Å²) in [7, 11) is 0. The van der Waals surface area contributed by atoms with Gasteiger partial charge in [0, 0.05) is 23.4 Å². The number of hydrogen-bond donors (Lipinski definition) is 2. The first-order chi connectivity index (χ1) is 14.2. The minimum absolute atomic E-state index is 0.224. The van der Waals surface area contributed by atoms with Gasteiger partial charge in [-0.25, -0.2) is 9.78 Å². The summed E-state index contributed by atoms with van der Waals surface area (Å²) in [4.78, 5) is 25.8. The van der Waals surface area contributed by atoms with Crippen LogP contribution in [0.4, 0.5) is 15.2 Å². The molecule has 30 heavy (non-hydrogen) atoms. The van der Waals surface area contributed by atoms with Gasteiger partial charge in [-0.05, 0) is 23.8 Å². The average molecular weight is 469 g/mol. The molecule has 0 aliphatic heterocycles. The number of nitro groups is 1. The molecule has 0 radical (unpaired) electrons. The number of carbonyl (C=O) groups is 1. The predicted molar refractivity (Wildman–Crippen MR) is 113 cm³/mol. The van der Waals surface area contributed by atoms with Crippen LogP contribution in [0.1, 0.15) is 5.56 Å². The molecule has 0 aliphatic carbocycles. The summed E-state index contributed by atoms with van der Waals surface area (Å²) in [6.07, 6.45) is -0.255. The second-order valence-electron chi connectivity index (χ2n) is 5.86. The summed E-state index contributed by atoms with van der Waals surface area (Å²) in [5.74, 6) is -2.34. The number of thiazole rings is 1. The fraction of sp³-hybridized carbons (Fsp3) is 0.0556. The molecule has 0 bridgehead atoms. The Morgan fingerprint density at radius 3 is 2.70 bits per heavy atom. The van der Waals surface area contributed by atoms with Crippen molar-refractivity contribution in [1.29, 1.82) is 0 Å². The molecule has 3 rings (SSSR count). The fourth-order valence-corrected chi connectivity index (χ4v) is 3.35. The number of aliphatic carboxylic acids is 1. The van der Waals surface area contributed by atoms with E-state index in [0.717, 1.165) is 17.7 Å². The highest BCUT2D eigenvalue weighted by Gasteiger charge is 2.18. The van der Waals surface area contributed by atoms with Crippen LogP contribution in [-0.4, -0.2) is 26.7 Å². The number of aromatic nitrogens is 1. The monoisotopic (exact) mass is 468 g/mol. The van der Waals surface area contributed by atoms with Crippen molar-refractivity contribution in [3.05, 3.63) is 73.3 Å². The Bertz CT molecular complexity index is 1170. The lowest BCUT2D eigenvalue weighted by molar-refractivity contribution is -0.387. The molecule has 0 amide bonds. The Kier molecular flexibility index (Phi) is 6.60. The van der Waals surface area contributed by atoms with Crippen LogP contribution in [0.2, 0.25) is 10.0 Å². The van der Waals surface area contributed by atoms with E-state index in [1.165, 1.54) is 17.4 Å². The number of nitrogens with one attached hydrogen (secondary N) is 1. The Morgan fingerprint density at radius 2 is 2.03 bits per heavy atom. The third-order valence-corrected chi connectivity index (χ3v) is 5.32. The molecule has 154 valence electrons. The molecule has 0 spiro atoms. The highest BCUT2D eigenvalue weighted by Crippen LogP contribution is 2.30. The van der Waals surface area contributed by atoms with Crippen molar-refractivity contribution < 1.29 is 19.2 Å². The summed E-state index contributed by atoms with van der Waals surface area (Å²) in [5.41, 5.74) is 3.01. The normalized spacial score (nSPS) is 11.4. The van der Waals surface area contributed by atoms with E-state index >= 15 is 0 Å². The van der Waals surface area contributed by atoms with Crippen molar-refractivity contribution >= 4 is 57.0 Å². The van der Waals surface area contributed by atoms with E-state index in [4.69, 9.17) is 23.2 Å². The molecular formula is C18H11Cl2FN4O4S. The second kappa shape index (κ2) is 9.16. The van der Waals surface area contributed by atoms with Gasteiger partial charge in [-0.15, -0.1) is 11.3 Å². The lowest BCUT2D eigenvalue weighted by atomic mass is 10.1. The van der Waals surface area contributed by atoms with Crippen molar-refractivity contribution in [2.24, 2.45) is 5.10 Å². The number of hydrogen-bond acceptors (Lipinski definition) is 7. The quantitative estimate of drug-likeness (QED) is 0.277. The van der Waals surface area contributed by atoms with E-state index in [1.54, 1.807) is 23.6 Å². The van der Waals surface area contributed by atoms with Gasteiger partial charge in [0.05, 0.1) is 20.7 Å². The molecule has 0 aliphatic rings. The zero-order chi connectivity index (χ0) is 21.8. The first kappa shape index (κ1) is 21.6. The molecule has 8 nitrogen and oxygen atoms in total. The van der Waals surface area contributed by atoms with Crippen LogP contribution < -0.4 is 5.43 Å². The van der Waals surface area contributed by atoms with Gasteiger partial charge < -0.3 is 5.11 Å². The van der Waals surface area contributed by atoms with Crippen molar-refractivity contribution in [3.63, 3.8) is 0 Å². The standard InChI is InChI=1S/C18H11Cl2FN4O4S/c19-11-3-2-10(7-12(11)20)15-8-30-18(22-15)24-23-14(17(26)27)5-9-1-4-13(21)16(6-9)25(28)29/h1-4,6-8H,5H2,(H,22,24)(H,26,27)/b23-14+. The molecule has 0 saturated heterocycles. The number of rotatable bonds is 7. The maximum atomic E-state index is 13.5. The van der Waals surface area contributed by atoms with E-state index in [0.29, 0.717) is 20.9 Å². The van der Waals surface area contributed by atoms with Crippen molar-refractivity contribution in [2.45, 2.75) is 6.42 Å². The number of nitrogens with zero attached hydrogens (tertiary/aromatic N) is 3. The topological polar surface area (TPSA) is 118 Å². The molecule has 0 saturated carbocycles. The van der Waals surface area contributed by atoms with Crippen LogP contribution in [-0.2, 0) is 11.2 Å².